The predicted molar refractivity (Wildman–Crippen MR) is 116 cm³/mol. The minimum Gasteiger partial charge on any atom is -0.462 e. The predicted octanol–water partition coefficient (Wildman–Crippen LogP) is 3.92. The zero-order valence-corrected chi connectivity index (χ0v) is 18.1. The highest BCUT2D eigenvalue weighted by Gasteiger charge is 2.58. The first kappa shape index (κ1) is 21.2. The van der Waals surface area contributed by atoms with Gasteiger partial charge in [0.2, 0.25) is 5.91 Å². The van der Waals surface area contributed by atoms with Crippen molar-refractivity contribution in [2.75, 3.05) is 0 Å². The molecule has 3 unspecified atom stereocenters. The zero-order chi connectivity index (χ0) is 22.0. The molecule has 1 amide bonds. The first-order chi connectivity index (χ1) is 15.0. The molecule has 1 fully saturated rings. The van der Waals surface area contributed by atoms with Gasteiger partial charge in [0.05, 0.1) is 12.0 Å². The molecule has 2 heterocycles. The summed E-state index contributed by atoms with van der Waals surface area (Å²) in [5.41, 5.74) is 1.17. The molecule has 3 atom stereocenters. The Morgan fingerprint density at radius 1 is 1.10 bits per heavy atom. The lowest BCUT2D eigenvalue weighted by molar-refractivity contribution is -0.170. The summed E-state index contributed by atoms with van der Waals surface area (Å²) in [5.74, 6) is -1.62. The van der Waals surface area contributed by atoms with Crippen molar-refractivity contribution >= 4 is 29.6 Å². The van der Waals surface area contributed by atoms with Crippen molar-refractivity contribution in [1.82, 2.24) is 4.90 Å². The molecule has 7 heteroatoms. The van der Waals surface area contributed by atoms with Crippen LogP contribution in [0, 0.1) is 5.92 Å². The Labute approximate surface area is 185 Å². The maximum Gasteiger partial charge on any atom is 0.356 e. The maximum absolute atomic E-state index is 13.0. The van der Waals surface area contributed by atoms with Crippen molar-refractivity contribution in [2.45, 2.75) is 43.9 Å². The van der Waals surface area contributed by atoms with Gasteiger partial charge in [0.15, 0.2) is 0 Å². The molecule has 0 aromatic heterocycles. The molecule has 2 aromatic rings. The van der Waals surface area contributed by atoms with Crippen molar-refractivity contribution in [2.24, 2.45) is 5.92 Å². The molecule has 2 aliphatic rings. The molecule has 1 saturated heterocycles. The monoisotopic (exact) mass is 437 g/mol. The highest BCUT2D eigenvalue weighted by atomic mass is 32.2. The minimum absolute atomic E-state index is 0.131. The second-order valence-electron chi connectivity index (χ2n) is 7.57. The summed E-state index contributed by atoms with van der Waals surface area (Å²) in [6.07, 6.45) is -0.0222. The van der Waals surface area contributed by atoms with Gasteiger partial charge in [-0.25, -0.2) is 4.79 Å². The highest BCUT2D eigenvalue weighted by molar-refractivity contribution is 8.03. The van der Waals surface area contributed by atoms with E-state index in [-0.39, 0.29) is 18.6 Å². The van der Waals surface area contributed by atoms with Crippen molar-refractivity contribution in [1.29, 1.82) is 0 Å². The summed E-state index contributed by atoms with van der Waals surface area (Å²) >= 11 is 1.46. The van der Waals surface area contributed by atoms with Crippen LogP contribution in [0.1, 0.15) is 25.8 Å². The van der Waals surface area contributed by atoms with Crippen LogP contribution in [-0.2, 0) is 30.5 Å². The third-order valence-corrected chi connectivity index (χ3v) is 6.53. The summed E-state index contributed by atoms with van der Waals surface area (Å²) in [4.78, 5) is 40.6. The minimum atomic E-state index is -0.547. The van der Waals surface area contributed by atoms with Crippen molar-refractivity contribution < 1.29 is 23.9 Å². The largest absolute Gasteiger partial charge is 0.462 e. The number of thioether (sulfide) groups is 1. The number of β-lactam (4-membered cyclic amide) rings is 1. The van der Waals surface area contributed by atoms with Crippen LogP contribution in [0.3, 0.4) is 0 Å². The van der Waals surface area contributed by atoms with Crippen LogP contribution in [-0.4, -0.2) is 34.9 Å². The molecule has 4 rings (SSSR count). The van der Waals surface area contributed by atoms with Gasteiger partial charge in [-0.2, -0.15) is 0 Å². The van der Waals surface area contributed by atoms with Crippen LogP contribution in [0.5, 0.6) is 0 Å². The topological polar surface area (TPSA) is 72.9 Å². The number of ether oxygens (including phenoxy) is 2. The first-order valence-electron chi connectivity index (χ1n) is 10.1. The van der Waals surface area contributed by atoms with E-state index in [1.807, 2.05) is 60.7 Å². The van der Waals surface area contributed by atoms with Gasteiger partial charge in [-0.3, -0.25) is 9.59 Å². The lowest BCUT2D eigenvalue weighted by Crippen LogP contribution is -2.62. The number of carbonyl (C=O) groups is 3. The fourth-order valence-electron chi connectivity index (χ4n) is 4.06. The van der Waals surface area contributed by atoms with Crippen LogP contribution in [0.25, 0.3) is 0 Å². The molecule has 2 aliphatic heterocycles. The van der Waals surface area contributed by atoms with Gasteiger partial charge in [0.25, 0.3) is 0 Å². The van der Waals surface area contributed by atoms with Crippen molar-refractivity contribution in [3.8, 4) is 0 Å². The average Bonchev–Trinajstić information content (AvgIpc) is 3.07. The Hall–Kier alpha value is -3.06. The zero-order valence-electron chi connectivity index (χ0n) is 17.3. The standard InChI is InChI=1S/C24H23NO5S/c1-15(30-16(2)26)21-19-13-20(31-18-11-7-4-8-12-18)22(25(19)23(21)27)24(28)29-14-17-9-5-3-6-10-17/h3-12,15,19,21H,13-14H2,1-2H3. The van der Waals surface area contributed by atoms with Crippen LogP contribution in [0.15, 0.2) is 76.2 Å². The summed E-state index contributed by atoms with van der Waals surface area (Å²) in [5, 5.41) is 0. The normalized spacial score (nSPS) is 20.7. The molecule has 0 radical (unpaired) electrons. The Balaban J connectivity index is 1.56. The molecule has 2 aromatic carbocycles. The molecule has 0 N–H and O–H groups in total. The smallest absolute Gasteiger partial charge is 0.356 e. The van der Waals surface area contributed by atoms with E-state index in [0.717, 1.165) is 15.4 Å². The number of amides is 1. The van der Waals surface area contributed by atoms with Crippen LogP contribution < -0.4 is 0 Å². The van der Waals surface area contributed by atoms with Gasteiger partial charge >= 0.3 is 11.9 Å². The van der Waals surface area contributed by atoms with Crippen LogP contribution >= 0.6 is 11.8 Å². The highest BCUT2D eigenvalue weighted by Crippen LogP contribution is 2.49. The van der Waals surface area contributed by atoms with Crippen molar-refractivity contribution in [3.63, 3.8) is 0 Å². The summed E-state index contributed by atoms with van der Waals surface area (Å²) < 4.78 is 10.8. The van der Waals surface area contributed by atoms with E-state index in [4.69, 9.17) is 9.47 Å². The Morgan fingerprint density at radius 2 is 1.74 bits per heavy atom. The number of hydrogen-bond donors (Lipinski definition) is 0. The van der Waals surface area contributed by atoms with Crippen LogP contribution in [0.4, 0.5) is 0 Å². The second-order valence-corrected chi connectivity index (χ2v) is 8.74. The number of nitrogens with zero attached hydrogens (tertiary/aromatic N) is 1. The van der Waals surface area contributed by atoms with E-state index in [1.54, 1.807) is 6.92 Å². The third-order valence-electron chi connectivity index (χ3n) is 5.42. The summed E-state index contributed by atoms with van der Waals surface area (Å²) in [7, 11) is 0. The molecular formula is C24H23NO5S. The molecule has 0 saturated carbocycles. The summed E-state index contributed by atoms with van der Waals surface area (Å²) in [6.45, 7) is 3.18. The lowest BCUT2D eigenvalue weighted by Gasteiger charge is -2.45. The first-order valence-corrected chi connectivity index (χ1v) is 10.9. The van der Waals surface area contributed by atoms with E-state index in [1.165, 1.54) is 23.6 Å². The Kier molecular flexibility index (Phi) is 6.13. The number of esters is 2. The number of benzene rings is 2. The average molecular weight is 438 g/mol. The van der Waals surface area contributed by atoms with Crippen molar-refractivity contribution in [3.05, 3.63) is 76.8 Å². The van der Waals surface area contributed by atoms with E-state index < -0.39 is 24.0 Å². The number of carbonyl (C=O) groups excluding carboxylic acids is 3. The van der Waals surface area contributed by atoms with Gasteiger partial charge in [0.1, 0.15) is 18.4 Å². The Bertz CT molecular complexity index is 1020. The SMILES string of the molecule is CC(=O)OC(C)C1C(=O)N2C(C(=O)OCc3ccccc3)=C(Sc3ccccc3)CC12. The lowest BCUT2D eigenvalue weighted by atomic mass is 9.83. The van der Waals surface area contributed by atoms with Gasteiger partial charge in [-0.15, -0.1) is 0 Å². The molecule has 31 heavy (non-hydrogen) atoms. The molecule has 0 aliphatic carbocycles. The quantitative estimate of drug-likeness (QED) is 0.483. The Morgan fingerprint density at radius 3 is 2.39 bits per heavy atom. The maximum atomic E-state index is 13.0. The van der Waals surface area contributed by atoms with E-state index >= 15 is 0 Å². The van der Waals surface area contributed by atoms with E-state index in [0.29, 0.717) is 12.1 Å². The fourth-order valence-corrected chi connectivity index (χ4v) is 5.17. The molecule has 6 nitrogen and oxygen atoms in total. The van der Waals surface area contributed by atoms with Gasteiger partial charge < -0.3 is 14.4 Å². The number of hydrogen-bond acceptors (Lipinski definition) is 6. The van der Waals surface area contributed by atoms with Gasteiger partial charge in [-0.1, -0.05) is 60.3 Å². The van der Waals surface area contributed by atoms with Crippen LogP contribution in [0.2, 0.25) is 0 Å². The molecule has 0 spiro atoms. The summed E-state index contributed by atoms with van der Waals surface area (Å²) in [6, 6.07) is 18.9. The second kappa shape index (κ2) is 8.98. The van der Waals surface area contributed by atoms with E-state index in [9.17, 15) is 14.4 Å². The third kappa shape index (κ3) is 4.37. The number of fused-ring (bicyclic) bond motifs is 1. The number of rotatable bonds is 7. The molecule has 160 valence electrons. The van der Waals surface area contributed by atoms with E-state index in [2.05, 4.69) is 0 Å². The molecule has 0 bridgehead atoms. The fraction of sp³-hybridized carbons (Fsp3) is 0.292. The van der Waals surface area contributed by atoms with Gasteiger partial charge in [-0.05, 0) is 24.6 Å². The molecular weight excluding hydrogens is 414 g/mol. The van der Waals surface area contributed by atoms with Gasteiger partial charge in [0, 0.05) is 23.1 Å².